The van der Waals surface area contributed by atoms with Gasteiger partial charge >= 0.3 is 5.97 Å². The zero-order chi connectivity index (χ0) is 13.7. The summed E-state index contributed by atoms with van der Waals surface area (Å²) in [6, 6.07) is 0. The van der Waals surface area contributed by atoms with Gasteiger partial charge in [-0.25, -0.2) is 4.79 Å². The Kier molecular flexibility index (Phi) is 5.15. The normalized spacial score (nSPS) is 27.6. The minimum atomic E-state index is -1.00. The second kappa shape index (κ2) is 6.86. The lowest BCUT2D eigenvalue weighted by molar-refractivity contribution is -0.151. The van der Waals surface area contributed by atoms with Crippen LogP contribution in [0.15, 0.2) is 0 Å². The molecule has 2 N–H and O–H groups in total. The summed E-state index contributed by atoms with van der Waals surface area (Å²) in [5.74, 6) is -1.24. The van der Waals surface area contributed by atoms with Gasteiger partial charge in [0.2, 0.25) is 5.91 Å². The first-order valence-corrected chi connectivity index (χ1v) is 6.94. The molecule has 108 valence electrons. The topological polar surface area (TPSA) is 84.9 Å². The highest BCUT2D eigenvalue weighted by molar-refractivity contribution is 5.82. The zero-order valence-corrected chi connectivity index (χ0v) is 11.0. The molecular formula is C13H21NO5. The Bertz CT molecular complexity index is 327. The number of hydrogen-bond donors (Lipinski definition) is 2. The highest BCUT2D eigenvalue weighted by Crippen LogP contribution is 2.21. The molecule has 0 unspecified atom stereocenters. The number of hydrogen-bond acceptors (Lipinski definition) is 4. The molecule has 1 saturated heterocycles. The van der Waals surface area contributed by atoms with E-state index in [1.165, 1.54) is 12.8 Å². The van der Waals surface area contributed by atoms with Crippen LogP contribution in [0.4, 0.5) is 0 Å². The molecule has 2 fully saturated rings. The second-order valence-electron chi connectivity index (χ2n) is 5.10. The lowest BCUT2D eigenvalue weighted by Gasteiger charge is -2.14. The van der Waals surface area contributed by atoms with Gasteiger partial charge in [0.15, 0.2) is 6.10 Å². The average molecular weight is 271 g/mol. The molecule has 19 heavy (non-hydrogen) atoms. The smallest absolute Gasteiger partial charge is 0.332 e. The molecule has 2 atom stereocenters. The molecule has 6 nitrogen and oxygen atoms in total. The summed E-state index contributed by atoms with van der Waals surface area (Å²) in [6.07, 6.45) is 4.40. The Balaban J connectivity index is 1.58. The molecule has 0 aromatic carbocycles. The van der Waals surface area contributed by atoms with Gasteiger partial charge in [0.05, 0.1) is 12.7 Å². The molecule has 1 amide bonds. The molecule has 0 aromatic heterocycles. The van der Waals surface area contributed by atoms with Crippen molar-refractivity contribution in [3.05, 3.63) is 0 Å². The van der Waals surface area contributed by atoms with Gasteiger partial charge in [-0.05, 0) is 25.7 Å². The molecule has 0 spiro atoms. The highest BCUT2D eigenvalue weighted by Gasteiger charge is 2.34. The van der Waals surface area contributed by atoms with Crippen LogP contribution >= 0.6 is 0 Å². The van der Waals surface area contributed by atoms with Crippen molar-refractivity contribution in [3.63, 3.8) is 0 Å². The van der Waals surface area contributed by atoms with Crippen molar-refractivity contribution in [2.24, 2.45) is 0 Å². The van der Waals surface area contributed by atoms with Crippen molar-refractivity contribution >= 4 is 11.9 Å². The highest BCUT2D eigenvalue weighted by atomic mass is 16.5. The maximum atomic E-state index is 11.7. The number of carboxylic acids is 1. The van der Waals surface area contributed by atoms with Crippen LogP contribution in [0, 0.1) is 0 Å². The van der Waals surface area contributed by atoms with Crippen LogP contribution in [0.3, 0.4) is 0 Å². The molecule has 1 saturated carbocycles. The van der Waals surface area contributed by atoms with Gasteiger partial charge in [-0.3, -0.25) is 4.79 Å². The van der Waals surface area contributed by atoms with Crippen molar-refractivity contribution in [1.82, 2.24) is 5.32 Å². The largest absolute Gasteiger partial charge is 0.479 e. The Morgan fingerprint density at radius 1 is 1.16 bits per heavy atom. The first-order chi connectivity index (χ1) is 9.16. The molecule has 2 rings (SSSR count). The Morgan fingerprint density at radius 2 is 1.84 bits per heavy atom. The van der Waals surface area contributed by atoms with E-state index in [1.807, 2.05) is 0 Å². The summed E-state index contributed by atoms with van der Waals surface area (Å²) in [5.41, 5.74) is 0. The second-order valence-corrected chi connectivity index (χ2v) is 5.10. The van der Waals surface area contributed by atoms with E-state index in [4.69, 9.17) is 14.6 Å². The van der Waals surface area contributed by atoms with Gasteiger partial charge in [0, 0.05) is 6.54 Å². The SMILES string of the molecule is O=C(NCCOC1CCCC1)[C@@H]1CC[C@H](C(=O)O)O1. The maximum absolute atomic E-state index is 11.7. The number of rotatable bonds is 6. The van der Waals surface area contributed by atoms with Crippen LogP contribution in [-0.4, -0.2) is 48.4 Å². The Hall–Kier alpha value is -1.14. The first kappa shape index (κ1) is 14.3. The van der Waals surface area contributed by atoms with Crippen molar-refractivity contribution < 1.29 is 24.2 Å². The van der Waals surface area contributed by atoms with Crippen molar-refractivity contribution in [2.75, 3.05) is 13.2 Å². The van der Waals surface area contributed by atoms with Gasteiger partial charge in [-0.15, -0.1) is 0 Å². The number of amides is 1. The van der Waals surface area contributed by atoms with Crippen LogP contribution in [0.1, 0.15) is 38.5 Å². The molecule has 0 radical (unpaired) electrons. The summed E-state index contributed by atoms with van der Waals surface area (Å²) in [4.78, 5) is 22.4. The van der Waals surface area contributed by atoms with E-state index in [2.05, 4.69) is 5.32 Å². The summed E-state index contributed by atoms with van der Waals surface area (Å²) in [6.45, 7) is 0.957. The quantitative estimate of drug-likeness (QED) is 0.694. The third-order valence-corrected chi connectivity index (χ3v) is 3.64. The summed E-state index contributed by atoms with van der Waals surface area (Å²) in [5, 5.41) is 11.5. The van der Waals surface area contributed by atoms with Crippen molar-refractivity contribution in [3.8, 4) is 0 Å². The third kappa shape index (κ3) is 4.18. The van der Waals surface area contributed by atoms with Gasteiger partial charge in [0.25, 0.3) is 0 Å². The molecule has 6 heteroatoms. The fourth-order valence-electron chi connectivity index (χ4n) is 2.58. The van der Waals surface area contributed by atoms with Crippen LogP contribution < -0.4 is 5.32 Å². The molecular weight excluding hydrogens is 250 g/mol. The fourth-order valence-corrected chi connectivity index (χ4v) is 2.58. The van der Waals surface area contributed by atoms with Crippen LogP contribution in [0.25, 0.3) is 0 Å². The first-order valence-electron chi connectivity index (χ1n) is 6.94. The van der Waals surface area contributed by atoms with E-state index in [9.17, 15) is 9.59 Å². The van der Waals surface area contributed by atoms with E-state index in [-0.39, 0.29) is 5.91 Å². The van der Waals surface area contributed by atoms with E-state index in [0.717, 1.165) is 12.8 Å². The minimum Gasteiger partial charge on any atom is -0.479 e. The summed E-state index contributed by atoms with van der Waals surface area (Å²) < 4.78 is 10.8. The minimum absolute atomic E-state index is 0.237. The molecule has 0 aromatic rings. The summed E-state index contributed by atoms with van der Waals surface area (Å²) in [7, 11) is 0. The number of carboxylic acid groups (broad SMARTS) is 1. The summed E-state index contributed by atoms with van der Waals surface area (Å²) >= 11 is 0. The van der Waals surface area contributed by atoms with E-state index in [1.54, 1.807) is 0 Å². The van der Waals surface area contributed by atoms with Crippen LogP contribution in [-0.2, 0) is 19.1 Å². The predicted octanol–water partition coefficient (Wildman–Crippen LogP) is 0.694. The standard InChI is InChI=1S/C13H21NO5/c15-12(10-5-6-11(19-10)13(16)17)14-7-8-18-9-3-1-2-4-9/h9-11H,1-8H2,(H,14,15)(H,16,17)/t10-,11+/m0/s1. The number of carbonyl (C=O) groups excluding carboxylic acids is 1. The molecule has 1 heterocycles. The zero-order valence-electron chi connectivity index (χ0n) is 11.0. The fraction of sp³-hybridized carbons (Fsp3) is 0.846. The van der Waals surface area contributed by atoms with Crippen molar-refractivity contribution in [1.29, 1.82) is 0 Å². The molecule has 0 bridgehead atoms. The van der Waals surface area contributed by atoms with E-state index < -0.39 is 18.2 Å². The van der Waals surface area contributed by atoms with Crippen molar-refractivity contribution in [2.45, 2.75) is 56.8 Å². The van der Waals surface area contributed by atoms with E-state index in [0.29, 0.717) is 32.1 Å². The van der Waals surface area contributed by atoms with Gasteiger partial charge < -0.3 is 19.9 Å². The molecule has 1 aliphatic heterocycles. The number of nitrogens with one attached hydrogen (secondary N) is 1. The monoisotopic (exact) mass is 271 g/mol. The number of carbonyl (C=O) groups is 2. The van der Waals surface area contributed by atoms with Gasteiger partial charge in [-0.1, -0.05) is 12.8 Å². The lowest BCUT2D eigenvalue weighted by atomic mass is 10.2. The molecule has 1 aliphatic carbocycles. The van der Waals surface area contributed by atoms with E-state index >= 15 is 0 Å². The Morgan fingerprint density at radius 3 is 2.47 bits per heavy atom. The van der Waals surface area contributed by atoms with Gasteiger partial charge in [-0.2, -0.15) is 0 Å². The Labute approximate surface area is 112 Å². The maximum Gasteiger partial charge on any atom is 0.332 e. The lowest BCUT2D eigenvalue weighted by Crippen LogP contribution is -2.37. The van der Waals surface area contributed by atoms with Gasteiger partial charge in [0.1, 0.15) is 6.10 Å². The van der Waals surface area contributed by atoms with Crippen LogP contribution in [0.5, 0.6) is 0 Å². The number of ether oxygens (including phenoxy) is 2. The predicted molar refractivity (Wildman–Crippen MR) is 66.7 cm³/mol. The third-order valence-electron chi connectivity index (χ3n) is 3.64. The number of aliphatic carboxylic acids is 1. The molecule has 2 aliphatic rings. The van der Waals surface area contributed by atoms with Crippen LogP contribution in [0.2, 0.25) is 0 Å². The average Bonchev–Trinajstić information content (AvgIpc) is 3.05.